The van der Waals surface area contributed by atoms with Gasteiger partial charge in [-0.3, -0.25) is 0 Å². The Labute approximate surface area is 461 Å². The molecule has 0 atom stereocenters. The van der Waals surface area contributed by atoms with Crippen molar-refractivity contribution in [1.82, 2.24) is 0 Å². The van der Waals surface area contributed by atoms with Crippen LogP contribution in [0, 0.1) is 0 Å². The zero-order valence-corrected chi connectivity index (χ0v) is 42.6. The predicted molar refractivity (Wildman–Crippen MR) is 323 cm³/mol. The lowest BCUT2D eigenvalue weighted by molar-refractivity contribution is 0.627. The maximum atomic E-state index is 9.59. The summed E-state index contributed by atoms with van der Waals surface area (Å²) in [4.78, 5) is 6.44. The first-order valence-corrected chi connectivity index (χ1v) is 26.2. The predicted octanol–water partition coefficient (Wildman–Crippen LogP) is 19.9. The summed E-state index contributed by atoms with van der Waals surface area (Å²) >= 11 is 0. The van der Waals surface area contributed by atoms with Crippen molar-refractivity contribution in [3.05, 3.63) is 330 Å². The van der Waals surface area contributed by atoms with Crippen LogP contribution >= 0.6 is 0 Å². The number of anilines is 9. The summed E-state index contributed by atoms with van der Waals surface area (Å²) in [5, 5.41) is -0.115. The van der Waals surface area contributed by atoms with Gasteiger partial charge in [-0.1, -0.05) is 220 Å². The summed E-state index contributed by atoms with van der Waals surface area (Å²) in [6.45, 7) is 4.67. The Bertz CT molecular complexity index is 4440. The standard InChI is InChI=1S/C74H55N3/c1-73(2)68-50-56(74(55-26-9-4-10-27-55)66-35-19-17-33-64(66)65-34-18-20-36-67(65)74)40-48-71(68)77(72-49-47-62(51-69(72)73)75(57-28-11-5-12-29-57)58-30-13-6-14-31-58)61-45-43-60(44-46-61)76(70-37-21-25-54-24-15-16-32-63(54)70)59-41-38-53(39-42-59)52-22-7-3-8-23-52/h3-51H,1-2H3/i15D,16D,21D,24D,25D,32D,37D. The summed E-state index contributed by atoms with van der Waals surface area (Å²) in [6.07, 6.45) is 0. The molecule has 0 spiro atoms. The molecule has 3 nitrogen and oxygen atoms in total. The highest BCUT2D eigenvalue weighted by molar-refractivity contribution is 5.99. The topological polar surface area (TPSA) is 9.72 Å². The lowest BCUT2D eigenvalue weighted by Crippen LogP contribution is -2.33. The largest absolute Gasteiger partial charge is 0.310 e. The van der Waals surface area contributed by atoms with Crippen LogP contribution in [0.1, 0.15) is 56.8 Å². The highest BCUT2D eigenvalue weighted by atomic mass is 15.2. The van der Waals surface area contributed by atoms with E-state index in [1.165, 1.54) is 27.8 Å². The van der Waals surface area contributed by atoms with Crippen LogP contribution in [0.15, 0.2) is 297 Å². The molecule has 1 aliphatic carbocycles. The Hall–Kier alpha value is -9.70. The van der Waals surface area contributed by atoms with Gasteiger partial charge >= 0.3 is 0 Å². The molecule has 2 aliphatic rings. The monoisotopic (exact) mass is 992 g/mol. The van der Waals surface area contributed by atoms with Crippen LogP contribution in [0.5, 0.6) is 0 Å². The molecule has 0 bridgehead atoms. The highest BCUT2D eigenvalue weighted by Crippen LogP contribution is 2.59. The van der Waals surface area contributed by atoms with Crippen molar-refractivity contribution >= 4 is 62.0 Å². The van der Waals surface area contributed by atoms with Crippen molar-refractivity contribution in [1.29, 1.82) is 0 Å². The van der Waals surface area contributed by atoms with Crippen molar-refractivity contribution in [2.75, 3.05) is 14.7 Å². The molecule has 0 amide bonds. The molecule has 366 valence electrons. The third-order valence-corrected chi connectivity index (χ3v) is 15.8. The molecule has 0 unspecified atom stereocenters. The lowest BCUT2D eigenvalue weighted by Gasteiger charge is -2.44. The van der Waals surface area contributed by atoms with Crippen molar-refractivity contribution in [2.45, 2.75) is 24.7 Å². The molecule has 1 aliphatic heterocycles. The summed E-state index contributed by atoms with van der Waals surface area (Å²) in [7, 11) is 0. The van der Waals surface area contributed by atoms with E-state index >= 15 is 0 Å². The molecule has 14 rings (SSSR count). The van der Waals surface area contributed by atoms with Gasteiger partial charge < -0.3 is 14.7 Å². The quantitative estimate of drug-likeness (QED) is 0.135. The molecule has 12 aromatic carbocycles. The highest BCUT2D eigenvalue weighted by Gasteiger charge is 2.47. The van der Waals surface area contributed by atoms with Crippen molar-refractivity contribution in [3.8, 4) is 22.3 Å². The van der Waals surface area contributed by atoms with Gasteiger partial charge in [0, 0.05) is 44.9 Å². The van der Waals surface area contributed by atoms with E-state index in [0.717, 1.165) is 61.9 Å². The Morgan fingerprint density at radius 3 is 1.48 bits per heavy atom. The first kappa shape index (κ1) is 38.8. The molecule has 0 radical (unpaired) electrons. The van der Waals surface area contributed by atoms with E-state index in [-0.39, 0.29) is 28.5 Å². The summed E-state index contributed by atoms with van der Waals surface area (Å²) in [6, 6.07) is 86.2. The van der Waals surface area contributed by atoms with Gasteiger partial charge in [-0.15, -0.1) is 0 Å². The molecule has 12 aromatic rings. The first-order chi connectivity index (χ1) is 40.9. The van der Waals surface area contributed by atoms with Crippen LogP contribution in [0.3, 0.4) is 0 Å². The van der Waals surface area contributed by atoms with E-state index < -0.39 is 41.0 Å². The second-order valence-electron chi connectivity index (χ2n) is 20.3. The third kappa shape index (κ3) is 7.49. The van der Waals surface area contributed by atoms with Crippen molar-refractivity contribution in [2.24, 2.45) is 0 Å². The van der Waals surface area contributed by atoms with Crippen LogP contribution in [0.25, 0.3) is 33.0 Å². The summed E-state index contributed by atoms with van der Waals surface area (Å²) in [5.41, 5.74) is 17.4. The minimum absolute atomic E-state index is 0.00299. The molecule has 0 saturated heterocycles. The number of fused-ring (bicyclic) bond motifs is 6. The SMILES string of the molecule is [2H]c1c([2H])c([2H])c2c(N(c3ccc(-c4ccccc4)cc3)c3ccc(N4c5ccc(N(c6ccccc6)c6ccccc6)cc5C(C)(C)c5cc(C6(c7ccccc7)c7ccccc7-c7ccccc76)ccc54)cc3)c([2H])c([2H])c([2H])c2c1[2H]. The Kier molecular flexibility index (Phi) is 9.37. The van der Waals surface area contributed by atoms with Crippen LogP contribution in [0.2, 0.25) is 0 Å². The molecule has 0 aromatic heterocycles. The number of benzene rings is 12. The van der Waals surface area contributed by atoms with Gasteiger partial charge in [0.05, 0.1) is 32.1 Å². The zero-order chi connectivity index (χ0) is 57.6. The zero-order valence-electron chi connectivity index (χ0n) is 49.6. The van der Waals surface area contributed by atoms with E-state index in [9.17, 15) is 2.74 Å². The fraction of sp³-hybridized carbons (Fsp3) is 0.0541. The van der Waals surface area contributed by atoms with Gasteiger partial charge in [-0.05, 0) is 152 Å². The lowest BCUT2D eigenvalue weighted by atomic mass is 9.65. The fourth-order valence-electron chi connectivity index (χ4n) is 12.2. The molecule has 3 heteroatoms. The van der Waals surface area contributed by atoms with Crippen LogP contribution in [-0.4, -0.2) is 0 Å². The van der Waals surface area contributed by atoms with Crippen molar-refractivity contribution in [3.63, 3.8) is 0 Å². The maximum Gasteiger partial charge on any atom is 0.0713 e. The average Bonchev–Trinajstić information content (AvgIpc) is 1.43. The minimum Gasteiger partial charge on any atom is -0.310 e. The Morgan fingerprint density at radius 2 is 0.844 bits per heavy atom. The molecule has 0 saturated carbocycles. The third-order valence-electron chi connectivity index (χ3n) is 15.8. The van der Waals surface area contributed by atoms with Crippen LogP contribution < -0.4 is 14.7 Å². The van der Waals surface area contributed by atoms with E-state index in [2.05, 4.69) is 200 Å². The molecular formula is C74H55N3. The maximum absolute atomic E-state index is 9.59. The fourth-order valence-corrected chi connectivity index (χ4v) is 12.2. The normalized spacial score (nSPS) is 14.8. The number of hydrogen-bond donors (Lipinski definition) is 0. The molecule has 0 N–H and O–H groups in total. The van der Waals surface area contributed by atoms with Gasteiger partial charge in [0.2, 0.25) is 0 Å². The summed E-state index contributed by atoms with van der Waals surface area (Å²) < 4.78 is 63.5. The van der Waals surface area contributed by atoms with E-state index in [1.807, 2.05) is 78.9 Å². The second-order valence-corrected chi connectivity index (χ2v) is 20.3. The molecule has 77 heavy (non-hydrogen) atoms. The summed E-state index contributed by atoms with van der Waals surface area (Å²) in [5.74, 6) is 0. The second kappa shape index (κ2) is 18.6. The van der Waals surface area contributed by atoms with Crippen LogP contribution in [0.4, 0.5) is 51.2 Å². The van der Waals surface area contributed by atoms with Crippen molar-refractivity contribution < 1.29 is 9.60 Å². The van der Waals surface area contributed by atoms with E-state index in [4.69, 9.17) is 6.85 Å². The number of hydrogen-bond acceptors (Lipinski definition) is 3. The number of nitrogens with zero attached hydrogens (tertiary/aromatic N) is 3. The smallest absolute Gasteiger partial charge is 0.0713 e. The Balaban J connectivity index is 0.996. The molecule has 1 heterocycles. The van der Waals surface area contributed by atoms with Crippen LogP contribution in [-0.2, 0) is 10.8 Å². The number of rotatable bonds is 10. The molecular weight excluding hydrogens is 931 g/mol. The van der Waals surface area contributed by atoms with E-state index in [1.54, 1.807) is 4.90 Å². The average molecular weight is 993 g/mol. The van der Waals surface area contributed by atoms with Gasteiger partial charge in [-0.25, -0.2) is 0 Å². The van der Waals surface area contributed by atoms with E-state index in [0.29, 0.717) is 11.4 Å². The van der Waals surface area contributed by atoms with Gasteiger partial charge in [0.1, 0.15) is 0 Å². The minimum atomic E-state index is -0.644. The first-order valence-electron chi connectivity index (χ1n) is 29.7. The van der Waals surface area contributed by atoms with Gasteiger partial charge in [-0.2, -0.15) is 0 Å². The molecule has 0 fully saturated rings. The van der Waals surface area contributed by atoms with Gasteiger partial charge in [0.15, 0.2) is 0 Å². The number of para-hydroxylation sites is 2. The Morgan fingerprint density at radius 1 is 0.364 bits per heavy atom. The van der Waals surface area contributed by atoms with Gasteiger partial charge in [0.25, 0.3) is 0 Å².